The van der Waals surface area contributed by atoms with Crippen molar-refractivity contribution in [3.63, 3.8) is 0 Å². The van der Waals surface area contributed by atoms with Crippen molar-refractivity contribution in [2.75, 3.05) is 13.1 Å². The predicted octanol–water partition coefficient (Wildman–Crippen LogP) is 1.81. The first-order chi connectivity index (χ1) is 7.15. The van der Waals surface area contributed by atoms with E-state index in [0.717, 1.165) is 0 Å². The lowest BCUT2D eigenvalue weighted by Crippen LogP contribution is -2.46. The van der Waals surface area contributed by atoms with Crippen LogP contribution in [-0.2, 0) is 10.0 Å². The summed E-state index contributed by atoms with van der Waals surface area (Å²) in [6.07, 6.45) is -4.83. The minimum Gasteiger partial charge on any atom is -0.206 e. The second kappa shape index (κ2) is 4.44. The van der Waals surface area contributed by atoms with Crippen molar-refractivity contribution in [1.82, 2.24) is 4.31 Å². The lowest BCUT2D eigenvalue weighted by atomic mass is 9.99. The van der Waals surface area contributed by atoms with Crippen molar-refractivity contribution in [2.45, 2.75) is 24.8 Å². The van der Waals surface area contributed by atoms with Gasteiger partial charge >= 0.3 is 11.9 Å². The van der Waals surface area contributed by atoms with Crippen LogP contribution < -0.4 is 0 Å². The molecule has 0 spiro atoms. The quantitative estimate of drug-likeness (QED) is 0.716. The summed E-state index contributed by atoms with van der Waals surface area (Å²) in [5.74, 6) is -5.52. The third kappa shape index (κ3) is 2.82. The Morgan fingerprint density at radius 2 is 1.81 bits per heavy atom. The SMILES string of the molecule is O=S(=O)(C(F)F)N1CCC[C@H](C(F)(F)F)C1. The lowest BCUT2D eigenvalue weighted by Gasteiger charge is -2.32. The molecule has 1 aliphatic rings. The van der Waals surface area contributed by atoms with Gasteiger partial charge in [0.25, 0.3) is 10.0 Å². The molecule has 0 aromatic carbocycles. The zero-order valence-electron chi connectivity index (χ0n) is 8.04. The number of rotatable bonds is 2. The van der Waals surface area contributed by atoms with Crippen LogP contribution in [0.5, 0.6) is 0 Å². The Labute approximate surface area is 89.3 Å². The summed E-state index contributed by atoms with van der Waals surface area (Å²) in [4.78, 5) is 0. The first-order valence-corrected chi connectivity index (χ1v) is 6.00. The van der Waals surface area contributed by atoms with Gasteiger partial charge in [0, 0.05) is 13.1 Å². The van der Waals surface area contributed by atoms with Gasteiger partial charge in [-0.3, -0.25) is 0 Å². The molecule has 0 unspecified atom stereocenters. The minimum atomic E-state index is -4.89. The van der Waals surface area contributed by atoms with Crippen LogP contribution >= 0.6 is 0 Å². The van der Waals surface area contributed by atoms with Gasteiger partial charge in [-0.05, 0) is 12.8 Å². The molecule has 1 atom stereocenters. The molecule has 1 saturated heterocycles. The summed E-state index contributed by atoms with van der Waals surface area (Å²) in [5.41, 5.74) is 0. The molecule has 0 amide bonds. The van der Waals surface area contributed by atoms with Crippen LogP contribution in [0.4, 0.5) is 22.0 Å². The van der Waals surface area contributed by atoms with Crippen LogP contribution in [-0.4, -0.2) is 37.7 Å². The molecular weight excluding hydrogens is 257 g/mol. The topological polar surface area (TPSA) is 37.4 Å². The maximum absolute atomic E-state index is 12.3. The number of alkyl halides is 5. The van der Waals surface area contributed by atoms with Gasteiger partial charge in [-0.2, -0.15) is 26.3 Å². The van der Waals surface area contributed by atoms with E-state index in [2.05, 4.69) is 0 Å². The summed E-state index contributed by atoms with van der Waals surface area (Å²) < 4.78 is 83.3. The average molecular weight is 267 g/mol. The Balaban J connectivity index is 2.79. The number of halogens is 5. The third-order valence-electron chi connectivity index (χ3n) is 2.43. The molecule has 0 radical (unpaired) electrons. The zero-order valence-corrected chi connectivity index (χ0v) is 8.86. The summed E-state index contributed by atoms with van der Waals surface area (Å²) in [7, 11) is -4.89. The van der Waals surface area contributed by atoms with Gasteiger partial charge in [0.05, 0.1) is 5.92 Å². The minimum absolute atomic E-state index is 0.0594. The fraction of sp³-hybridized carbons (Fsp3) is 1.00. The summed E-state index contributed by atoms with van der Waals surface area (Å²) in [6, 6.07) is 0. The molecule has 0 bridgehead atoms. The molecule has 0 aromatic heterocycles. The summed E-state index contributed by atoms with van der Waals surface area (Å²) in [5, 5.41) is 0. The van der Waals surface area contributed by atoms with Crippen LogP contribution in [0, 0.1) is 5.92 Å². The van der Waals surface area contributed by atoms with E-state index in [1.54, 1.807) is 0 Å². The smallest absolute Gasteiger partial charge is 0.206 e. The van der Waals surface area contributed by atoms with Crippen molar-refractivity contribution >= 4 is 10.0 Å². The molecule has 1 fully saturated rings. The molecule has 0 aromatic rings. The highest BCUT2D eigenvalue weighted by Crippen LogP contribution is 2.34. The number of nitrogens with zero attached hydrogens (tertiary/aromatic N) is 1. The van der Waals surface area contributed by atoms with Crippen LogP contribution in [0.3, 0.4) is 0 Å². The lowest BCUT2D eigenvalue weighted by molar-refractivity contribution is -0.182. The Hall–Kier alpha value is -0.440. The van der Waals surface area contributed by atoms with Crippen molar-refractivity contribution in [3.05, 3.63) is 0 Å². The standard InChI is InChI=1S/C7H10F5NO2S/c8-6(9)16(14,15)13-3-1-2-5(4-13)7(10,11)12/h5-6H,1-4H2/t5-/m0/s1. The maximum atomic E-state index is 12.3. The van der Waals surface area contributed by atoms with E-state index in [1.165, 1.54) is 0 Å². The van der Waals surface area contributed by atoms with E-state index in [9.17, 15) is 30.4 Å². The predicted molar refractivity (Wildman–Crippen MR) is 45.3 cm³/mol. The molecule has 3 nitrogen and oxygen atoms in total. The number of hydrogen-bond acceptors (Lipinski definition) is 2. The van der Waals surface area contributed by atoms with Gasteiger partial charge < -0.3 is 0 Å². The average Bonchev–Trinajstić information content (AvgIpc) is 2.16. The van der Waals surface area contributed by atoms with Crippen LogP contribution in [0.1, 0.15) is 12.8 Å². The van der Waals surface area contributed by atoms with E-state index >= 15 is 0 Å². The first kappa shape index (κ1) is 13.6. The highest BCUT2D eigenvalue weighted by Gasteiger charge is 2.45. The van der Waals surface area contributed by atoms with Crippen molar-refractivity contribution < 1.29 is 30.4 Å². The molecule has 0 aliphatic carbocycles. The Morgan fingerprint density at radius 3 is 2.25 bits per heavy atom. The van der Waals surface area contributed by atoms with Crippen LogP contribution in [0.25, 0.3) is 0 Å². The number of piperidine rings is 1. The molecule has 9 heteroatoms. The van der Waals surface area contributed by atoms with Gasteiger partial charge in [-0.1, -0.05) is 0 Å². The van der Waals surface area contributed by atoms with E-state index in [0.29, 0.717) is 0 Å². The Kier molecular flexibility index (Phi) is 3.78. The number of hydrogen-bond donors (Lipinski definition) is 0. The van der Waals surface area contributed by atoms with Gasteiger partial charge in [-0.25, -0.2) is 8.42 Å². The summed E-state index contributed by atoms with van der Waals surface area (Å²) in [6.45, 7) is -1.19. The fourth-order valence-electron chi connectivity index (χ4n) is 1.55. The Morgan fingerprint density at radius 1 is 1.25 bits per heavy atom. The van der Waals surface area contributed by atoms with Gasteiger partial charge in [0.1, 0.15) is 0 Å². The van der Waals surface area contributed by atoms with Gasteiger partial charge in [0.15, 0.2) is 0 Å². The van der Waals surface area contributed by atoms with Crippen molar-refractivity contribution in [2.24, 2.45) is 5.92 Å². The van der Waals surface area contributed by atoms with Crippen molar-refractivity contribution in [1.29, 1.82) is 0 Å². The number of sulfonamides is 1. The molecular formula is C7H10F5NO2S. The van der Waals surface area contributed by atoms with E-state index in [4.69, 9.17) is 0 Å². The van der Waals surface area contributed by atoms with E-state index in [1.807, 2.05) is 0 Å². The monoisotopic (exact) mass is 267 g/mol. The normalized spacial score (nSPS) is 25.0. The van der Waals surface area contributed by atoms with Gasteiger partial charge in [0.2, 0.25) is 0 Å². The molecule has 1 rings (SSSR count). The van der Waals surface area contributed by atoms with Crippen molar-refractivity contribution in [3.8, 4) is 0 Å². The maximum Gasteiger partial charge on any atom is 0.393 e. The Bertz CT molecular complexity index is 339. The second-order valence-corrected chi connectivity index (χ2v) is 5.45. The second-order valence-electron chi connectivity index (χ2n) is 3.54. The molecule has 0 N–H and O–H groups in total. The van der Waals surface area contributed by atoms with Crippen LogP contribution in [0.15, 0.2) is 0 Å². The molecule has 16 heavy (non-hydrogen) atoms. The largest absolute Gasteiger partial charge is 0.393 e. The van der Waals surface area contributed by atoms with Gasteiger partial charge in [-0.15, -0.1) is 0 Å². The van der Waals surface area contributed by atoms with Crippen LogP contribution in [0.2, 0.25) is 0 Å². The highest BCUT2D eigenvalue weighted by molar-refractivity contribution is 7.89. The fourth-order valence-corrected chi connectivity index (χ4v) is 2.55. The summed E-state index contributed by atoms with van der Waals surface area (Å²) >= 11 is 0. The van der Waals surface area contributed by atoms with E-state index < -0.39 is 34.4 Å². The highest BCUT2D eigenvalue weighted by atomic mass is 32.2. The first-order valence-electron chi connectivity index (χ1n) is 4.49. The molecule has 1 aliphatic heterocycles. The molecule has 0 saturated carbocycles. The molecule has 96 valence electrons. The zero-order chi connectivity index (χ0) is 12.6. The van der Waals surface area contributed by atoms with E-state index in [-0.39, 0.29) is 23.7 Å². The molecule has 1 heterocycles. The third-order valence-corrected chi connectivity index (χ3v) is 3.93.